The second-order valence-electron chi connectivity index (χ2n) is 7.19. The number of amides is 1. The Morgan fingerprint density at radius 3 is 2.90 bits per heavy atom. The van der Waals surface area contributed by atoms with Gasteiger partial charge in [-0.1, -0.05) is 23.9 Å². The number of halogens is 3. The van der Waals surface area contributed by atoms with Crippen LogP contribution in [-0.2, 0) is 24.2 Å². The number of hydrogen-bond acceptors (Lipinski definition) is 6. The molecule has 0 fully saturated rings. The van der Waals surface area contributed by atoms with Crippen LogP contribution in [0.25, 0.3) is 10.2 Å². The summed E-state index contributed by atoms with van der Waals surface area (Å²) in [6.07, 6.45) is 1.60. The Balaban J connectivity index is 1.34. The molecule has 5 nitrogen and oxygen atoms in total. The van der Waals surface area contributed by atoms with E-state index < -0.39 is 12.8 Å². The zero-order chi connectivity index (χ0) is 21.8. The van der Waals surface area contributed by atoms with Gasteiger partial charge in [-0.15, -0.1) is 11.3 Å². The van der Waals surface area contributed by atoms with Crippen LogP contribution in [0.1, 0.15) is 28.8 Å². The second-order valence-corrected chi connectivity index (χ2v) is 9.23. The van der Waals surface area contributed by atoms with Gasteiger partial charge in [0.25, 0.3) is 0 Å². The van der Waals surface area contributed by atoms with Crippen LogP contribution < -0.4 is 10.1 Å². The summed E-state index contributed by atoms with van der Waals surface area (Å²) < 4.78 is 41.6. The Kier molecular flexibility index (Phi) is 6.66. The highest BCUT2D eigenvalue weighted by Gasteiger charge is 2.28. The van der Waals surface area contributed by atoms with E-state index >= 15 is 0 Å². The van der Waals surface area contributed by atoms with E-state index in [1.165, 1.54) is 47.1 Å². The third-order valence-corrected chi connectivity index (χ3v) is 7.04. The summed E-state index contributed by atoms with van der Waals surface area (Å²) in [7, 11) is 0. The number of thioether (sulfide) groups is 1. The van der Waals surface area contributed by atoms with Crippen molar-refractivity contribution in [1.82, 2.24) is 15.3 Å². The molecule has 1 aromatic carbocycles. The number of ether oxygens (including phenoxy) is 1. The van der Waals surface area contributed by atoms with Crippen molar-refractivity contribution in [2.24, 2.45) is 0 Å². The van der Waals surface area contributed by atoms with Crippen LogP contribution in [0.4, 0.5) is 13.2 Å². The van der Waals surface area contributed by atoms with Crippen LogP contribution >= 0.6 is 23.1 Å². The summed E-state index contributed by atoms with van der Waals surface area (Å²) in [5.41, 5.74) is 1.99. The topological polar surface area (TPSA) is 64.1 Å². The number of nitrogens with one attached hydrogen (secondary N) is 1. The summed E-state index contributed by atoms with van der Waals surface area (Å²) in [5, 5.41) is 4.69. The molecule has 0 saturated heterocycles. The van der Waals surface area contributed by atoms with Crippen LogP contribution in [-0.4, -0.2) is 34.4 Å². The fourth-order valence-corrected chi connectivity index (χ4v) is 5.62. The molecule has 0 unspecified atom stereocenters. The summed E-state index contributed by atoms with van der Waals surface area (Å²) in [4.78, 5) is 23.5. The molecule has 1 aliphatic carbocycles. The molecule has 0 spiro atoms. The number of alkyl halides is 3. The van der Waals surface area contributed by atoms with Crippen LogP contribution in [0.2, 0.25) is 0 Å². The van der Waals surface area contributed by atoms with Crippen molar-refractivity contribution in [3.8, 4) is 5.75 Å². The van der Waals surface area contributed by atoms with Gasteiger partial charge in [-0.25, -0.2) is 9.97 Å². The summed E-state index contributed by atoms with van der Waals surface area (Å²) in [5.74, 6) is 0.132. The molecular weight excluding hydrogens is 447 g/mol. The molecule has 2 heterocycles. The SMILES string of the molecule is O=C(CSc1ncnc2sc3c(c12)CCCC3)NCc1cccc(OCC(F)(F)F)c1. The lowest BCUT2D eigenvalue weighted by molar-refractivity contribution is -0.153. The molecule has 0 aliphatic heterocycles. The number of carbonyl (C=O) groups is 1. The van der Waals surface area contributed by atoms with Gasteiger partial charge in [-0.2, -0.15) is 13.2 Å². The highest BCUT2D eigenvalue weighted by Crippen LogP contribution is 2.39. The maximum atomic E-state index is 12.3. The number of fused-ring (bicyclic) bond motifs is 3. The molecule has 1 N–H and O–H groups in total. The summed E-state index contributed by atoms with van der Waals surface area (Å²) in [6.45, 7) is -1.14. The standard InChI is InChI=1S/C21H20F3N3O2S2/c22-21(23,24)11-29-14-5-3-4-13(8-14)9-25-17(28)10-30-19-18-15-6-1-2-7-16(15)31-20(18)27-12-26-19/h3-5,8,12H,1-2,6-7,9-11H2,(H,25,28). The van der Waals surface area contributed by atoms with Gasteiger partial charge in [-0.3, -0.25) is 4.79 Å². The van der Waals surface area contributed by atoms with Gasteiger partial charge in [0, 0.05) is 16.8 Å². The van der Waals surface area contributed by atoms with E-state index in [0.29, 0.717) is 5.56 Å². The molecule has 2 aromatic heterocycles. The van der Waals surface area contributed by atoms with Gasteiger partial charge >= 0.3 is 6.18 Å². The minimum Gasteiger partial charge on any atom is -0.484 e. The highest BCUT2D eigenvalue weighted by molar-refractivity contribution is 8.00. The van der Waals surface area contributed by atoms with E-state index in [2.05, 4.69) is 15.3 Å². The minimum atomic E-state index is -4.39. The van der Waals surface area contributed by atoms with Gasteiger partial charge in [0.1, 0.15) is 21.9 Å². The highest BCUT2D eigenvalue weighted by atomic mass is 32.2. The predicted molar refractivity (Wildman–Crippen MR) is 115 cm³/mol. The zero-order valence-corrected chi connectivity index (χ0v) is 18.1. The first-order valence-electron chi connectivity index (χ1n) is 9.82. The quantitative estimate of drug-likeness (QED) is 0.395. The number of carbonyl (C=O) groups excluding carboxylic acids is 1. The average Bonchev–Trinajstić information content (AvgIpc) is 3.14. The molecule has 0 bridgehead atoms. The summed E-state index contributed by atoms with van der Waals surface area (Å²) >= 11 is 3.09. The van der Waals surface area contributed by atoms with Crippen molar-refractivity contribution in [1.29, 1.82) is 0 Å². The molecule has 1 amide bonds. The van der Waals surface area contributed by atoms with E-state index in [1.807, 2.05) is 0 Å². The van der Waals surface area contributed by atoms with E-state index in [-0.39, 0.29) is 24.0 Å². The second kappa shape index (κ2) is 9.44. The van der Waals surface area contributed by atoms with E-state index in [0.717, 1.165) is 34.5 Å². The van der Waals surface area contributed by atoms with Crippen LogP contribution in [0, 0.1) is 0 Å². The lowest BCUT2D eigenvalue weighted by atomic mass is 9.97. The smallest absolute Gasteiger partial charge is 0.422 e. The maximum Gasteiger partial charge on any atom is 0.422 e. The molecule has 164 valence electrons. The Hall–Kier alpha value is -2.33. The van der Waals surface area contributed by atoms with Crippen molar-refractivity contribution >= 4 is 39.2 Å². The monoisotopic (exact) mass is 467 g/mol. The number of rotatable bonds is 7. The fourth-order valence-electron chi connectivity index (χ4n) is 3.47. The van der Waals surface area contributed by atoms with Gasteiger partial charge < -0.3 is 10.1 Å². The maximum absolute atomic E-state index is 12.3. The third kappa shape index (κ3) is 5.68. The van der Waals surface area contributed by atoms with Gasteiger partial charge in [0.15, 0.2) is 6.61 Å². The van der Waals surface area contributed by atoms with Crippen molar-refractivity contribution in [2.45, 2.75) is 43.4 Å². The number of aromatic nitrogens is 2. The van der Waals surface area contributed by atoms with Crippen LogP contribution in [0.15, 0.2) is 35.6 Å². The largest absolute Gasteiger partial charge is 0.484 e. The molecule has 3 aromatic rings. The molecule has 31 heavy (non-hydrogen) atoms. The number of thiophene rings is 1. The molecule has 0 atom stereocenters. The first-order chi connectivity index (χ1) is 14.9. The van der Waals surface area contributed by atoms with Gasteiger partial charge in [0.2, 0.25) is 5.91 Å². The molecule has 1 aliphatic rings. The Bertz CT molecular complexity index is 1090. The van der Waals surface area contributed by atoms with Crippen LogP contribution in [0.5, 0.6) is 5.75 Å². The number of nitrogens with zero attached hydrogens (tertiary/aromatic N) is 2. The average molecular weight is 468 g/mol. The molecule has 4 rings (SSSR count). The summed E-state index contributed by atoms with van der Waals surface area (Å²) in [6, 6.07) is 6.26. The normalized spacial score (nSPS) is 13.8. The van der Waals surface area contributed by atoms with Crippen molar-refractivity contribution in [2.75, 3.05) is 12.4 Å². The number of benzene rings is 1. The Morgan fingerprint density at radius 2 is 2.06 bits per heavy atom. The van der Waals surface area contributed by atoms with Crippen LogP contribution in [0.3, 0.4) is 0 Å². The van der Waals surface area contributed by atoms with Gasteiger partial charge in [-0.05, 0) is 48.9 Å². The van der Waals surface area contributed by atoms with E-state index in [9.17, 15) is 18.0 Å². The number of hydrogen-bond donors (Lipinski definition) is 1. The van der Waals surface area contributed by atoms with E-state index in [1.54, 1.807) is 23.5 Å². The molecule has 10 heteroatoms. The molecule has 0 saturated carbocycles. The third-order valence-electron chi connectivity index (χ3n) is 4.85. The van der Waals surface area contributed by atoms with E-state index in [4.69, 9.17) is 4.74 Å². The van der Waals surface area contributed by atoms with Crippen molar-refractivity contribution in [3.63, 3.8) is 0 Å². The van der Waals surface area contributed by atoms with Crippen molar-refractivity contribution < 1.29 is 22.7 Å². The minimum absolute atomic E-state index is 0.115. The molecular formula is C21H20F3N3O2S2. The first-order valence-corrected chi connectivity index (χ1v) is 11.6. The lowest BCUT2D eigenvalue weighted by Crippen LogP contribution is -2.24. The Morgan fingerprint density at radius 1 is 1.23 bits per heavy atom. The molecule has 0 radical (unpaired) electrons. The zero-order valence-electron chi connectivity index (χ0n) is 16.5. The lowest BCUT2D eigenvalue weighted by Gasteiger charge is -2.12. The van der Waals surface area contributed by atoms with Gasteiger partial charge in [0.05, 0.1) is 5.75 Å². The number of aryl methyl sites for hydroxylation is 2. The van der Waals surface area contributed by atoms with Crippen molar-refractivity contribution in [3.05, 3.63) is 46.6 Å². The predicted octanol–water partition coefficient (Wildman–Crippen LogP) is 4.92. The first kappa shape index (κ1) is 21.9. The fraction of sp³-hybridized carbons (Fsp3) is 0.381. The Labute approximate surface area is 185 Å².